The maximum Gasteiger partial charge on any atom is 0.326 e. The number of fused-ring (bicyclic) bond motifs is 1. The second-order valence-corrected chi connectivity index (χ2v) is 7.58. The van der Waals surface area contributed by atoms with Gasteiger partial charge in [-0.25, -0.2) is 4.79 Å². The molecule has 0 spiro atoms. The van der Waals surface area contributed by atoms with E-state index in [1.165, 1.54) is 25.7 Å². The lowest BCUT2D eigenvalue weighted by atomic mass is 9.87. The zero-order valence-electron chi connectivity index (χ0n) is 14.9. The number of rotatable bonds is 2. The number of hydrogen-bond acceptors (Lipinski definition) is 2. The van der Waals surface area contributed by atoms with Gasteiger partial charge in [-0.15, -0.1) is 12.4 Å². The lowest BCUT2D eigenvalue weighted by Crippen LogP contribution is -2.50. The summed E-state index contributed by atoms with van der Waals surface area (Å²) in [6, 6.07) is 8.35. The quantitative estimate of drug-likeness (QED) is 0.811. The molecule has 1 fully saturated rings. The first-order valence-electron chi connectivity index (χ1n) is 9.27. The van der Waals surface area contributed by atoms with Crippen LogP contribution in [0.4, 0.5) is 0 Å². The molecule has 2 aliphatic rings. The minimum Gasteiger partial charge on any atom is -0.306 e. The second kappa shape index (κ2) is 7.38. The van der Waals surface area contributed by atoms with Crippen LogP contribution in [-0.2, 0) is 0 Å². The van der Waals surface area contributed by atoms with E-state index in [1.807, 2.05) is 22.8 Å². The van der Waals surface area contributed by atoms with Crippen molar-refractivity contribution in [3.05, 3.63) is 46.9 Å². The first kappa shape index (κ1) is 18.3. The van der Waals surface area contributed by atoms with E-state index in [9.17, 15) is 4.79 Å². The maximum absolute atomic E-state index is 12.4. The van der Waals surface area contributed by atoms with Gasteiger partial charge in [0.25, 0.3) is 0 Å². The minimum absolute atomic E-state index is 0. The molecule has 1 aromatic carbocycles. The molecule has 1 saturated heterocycles. The molecule has 0 atom stereocenters. The Labute approximate surface area is 155 Å². The van der Waals surface area contributed by atoms with Crippen molar-refractivity contribution in [3.63, 3.8) is 0 Å². The highest BCUT2D eigenvalue weighted by Gasteiger charge is 2.34. The van der Waals surface area contributed by atoms with E-state index in [1.54, 1.807) is 0 Å². The van der Waals surface area contributed by atoms with Crippen molar-refractivity contribution in [1.29, 1.82) is 0 Å². The van der Waals surface area contributed by atoms with Crippen molar-refractivity contribution >= 4 is 23.4 Å². The van der Waals surface area contributed by atoms with E-state index in [-0.39, 0.29) is 18.1 Å². The lowest BCUT2D eigenvalue weighted by molar-refractivity contribution is 0.0534. The maximum atomic E-state index is 12.4. The van der Waals surface area contributed by atoms with Crippen molar-refractivity contribution in [3.8, 4) is 0 Å². The Morgan fingerprint density at radius 3 is 2.40 bits per heavy atom. The van der Waals surface area contributed by atoms with Gasteiger partial charge >= 0.3 is 5.69 Å². The van der Waals surface area contributed by atoms with E-state index >= 15 is 0 Å². The number of piperidine rings is 1. The van der Waals surface area contributed by atoms with Crippen molar-refractivity contribution < 1.29 is 0 Å². The van der Waals surface area contributed by atoms with Crippen LogP contribution in [0.1, 0.15) is 51.5 Å². The molecule has 1 aliphatic carbocycles. The van der Waals surface area contributed by atoms with Crippen molar-refractivity contribution in [2.45, 2.75) is 57.0 Å². The van der Waals surface area contributed by atoms with Crippen LogP contribution in [0, 0.1) is 0 Å². The highest BCUT2D eigenvalue weighted by Crippen LogP contribution is 2.34. The number of allylic oxidation sites excluding steroid dienone is 2. The Morgan fingerprint density at radius 1 is 1.08 bits per heavy atom. The summed E-state index contributed by atoms with van der Waals surface area (Å²) in [5.41, 5.74) is 2.36. The van der Waals surface area contributed by atoms with E-state index in [0.717, 1.165) is 37.0 Å². The number of para-hydroxylation sites is 2. The largest absolute Gasteiger partial charge is 0.326 e. The van der Waals surface area contributed by atoms with Gasteiger partial charge in [-0.05, 0) is 57.6 Å². The third kappa shape index (κ3) is 3.42. The average Bonchev–Trinajstić information content (AvgIpc) is 2.77. The smallest absolute Gasteiger partial charge is 0.306 e. The van der Waals surface area contributed by atoms with Gasteiger partial charge in [-0.2, -0.15) is 0 Å². The van der Waals surface area contributed by atoms with E-state index in [4.69, 9.17) is 0 Å². The van der Waals surface area contributed by atoms with Gasteiger partial charge in [0.05, 0.1) is 11.0 Å². The molecule has 1 aliphatic heterocycles. The first-order valence-corrected chi connectivity index (χ1v) is 9.27. The predicted molar refractivity (Wildman–Crippen MR) is 106 cm³/mol. The monoisotopic (exact) mass is 361 g/mol. The molecule has 0 bridgehead atoms. The van der Waals surface area contributed by atoms with Crippen LogP contribution in [0.3, 0.4) is 0 Å². The molecule has 4 rings (SSSR count). The fourth-order valence-corrected chi connectivity index (χ4v) is 4.57. The fraction of sp³-hybridized carbons (Fsp3) is 0.550. The van der Waals surface area contributed by atoms with E-state index < -0.39 is 0 Å². The SMILES string of the molecule is CC1(N2CCC(n3c(=O)[nH]c4ccccc43)CC2)CCC=CCC1.Cl. The number of benzene rings is 1. The number of nitrogens with zero attached hydrogens (tertiary/aromatic N) is 2. The van der Waals surface area contributed by atoms with E-state index in [2.05, 4.69) is 35.0 Å². The Hall–Kier alpha value is -1.52. The highest BCUT2D eigenvalue weighted by atomic mass is 35.5. The Bertz CT molecular complexity index is 789. The molecule has 4 nitrogen and oxygen atoms in total. The predicted octanol–water partition coefficient (Wildman–Crippen LogP) is 4.28. The molecule has 0 unspecified atom stereocenters. The van der Waals surface area contributed by atoms with Crippen LogP contribution < -0.4 is 5.69 Å². The zero-order chi connectivity index (χ0) is 16.6. The number of H-pyrrole nitrogens is 1. The fourth-order valence-electron chi connectivity index (χ4n) is 4.57. The number of aromatic nitrogens is 2. The van der Waals surface area contributed by atoms with Crippen LogP contribution in [0.25, 0.3) is 11.0 Å². The second-order valence-electron chi connectivity index (χ2n) is 7.58. The van der Waals surface area contributed by atoms with Crippen LogP contribution >= 0.6 is 12.4 Å². The molecular formula is C20H28ClN3O. The van der Waals surface area contributed by atoms with Gasteiger partial charge in [-0.1, -0.05) is 24.3 Å². The van der Waals surface area contributed by atoms with Crippen LogP contribution in [0.2, 0.25) is 0 Å². The van der Waals surface area contributed by atoms with Gasteiger partial charge in [0.2, 0.25) is 0 Å². The Balaban J connectivity index is 0.00000182. The summed E-state index contributed by atoms with van der Waals surface area (Å²) in [5, 5.41) is 0. The van der Waals surface area contributed by atoms with Gasteiger partial charge in [0.1, 0.15) is 0 Å². The molecular weight excluding hydrogens is 334 g/mol. The molecule has 0 amide bonds. The topological polar surface area (TPSA) is 41.0 Å². The number of aromatic amines is 1. The number of likely N-dealkylation sites (tertiary alicyclic amines) is 1. The molecule has 1 N–H and O–H groups in total. The summed E-state index contributed by atoms with van der Waals surface area (Å²) in [7, 11) is 0. The first-order chi connectivity index (χ1) is 11.7. The molecule has 2 aromatic rings. The number of imidazole rings is 1. The standard InChI is InChI=1S/C20H27N3O.ClH/c1-20(12-6-2-3-7-13-20)22-14-10-16(11-15-22)23-18-9-5-4-8-17(18)21-19(23)24;/h2-5,8-9,16H,6-7,10-15H2,1H3,(H,21,24);1H. The minimum atomic E-state index is 0. The normalized spacial score (nSPS) is 21.8. The van der Waals surface area contributed by atoms with Crippen molar-refractivity contribution in [1.82, 2.24) is 14.5 Å². The van der Waals surface area contributed by atoms with Gasteiger partial charge in [0.15, 0.2) is 0 Å². The molecule has 0 radical (unpaired) electrons. The van der Waals surface area contributed by atoms with Crippen molar-refractivity contribution in [2.24, 2.45) is 0 Å². The number of halogens is 1. The van der Waals surface area contributed by atoms with Gasteiger partial charge in [-0.3, -0.25) is 9.47 Å². The van der Waals surface area contributed by atoms with Crippen LogP contribution in [0.15, 0.2) is 41.2 Å². The van der Waals surface area contributed by atoms with E-state index in [0.29, 0.717) is 11.6 Å². The Morgan fingerprint density at radius 2 is 1.72 bits per heavy atom. The summed E-state index contributed by atoms with van der Waals surface area (Å²) in [4.78, 5) is 18.1. The molecule has 2 heterocycles. The summed E-state index contributed by atoms with van der Waals surface area (Å²) in [6.45, 7) is 4.61. The summed E-state index contributed by atoms with van der Waals surface area (Å²) in [5.74, 6) is 0. The Kier molecular flexibility index (Phi) is 5.40. The van der Waals surface area contributed by atoms with Crippen LogP contribution in [-0.4, -0.2) is 33.1 Å². The molecule has 25 heavy (non-hydrogen) atoms. The van der Waals surface area contributed by atoms with Gasteiger partial charge in [0, 0.05) is 24.7 Å². The average molecular weight is 362 g/mol. The molecule has 0 saturated carbocycles. The zero-order valence-corrected chi connectivity index (χ0v) is 15.7. The third-order valence-corrected chi connectivity index (χ3v) is 6.08. The molecule has 5 heteroatoms. The van der Waals surface area contributed by atoms with Crippen LogP contribution in [0.5, 0.6) is 0 Å². The molecule has 136 valence electrons. The van der Waals surface area contributed by atoms with Gasteiger partial charge < -0.3 is 4.98 Å². The number of nitrogens with one attached hydrogen (secondary N) is 1. The summed E-state index contributed by atoms with van der Waals surface area (Å²) < 4.78 is 1.99. The number of hydrogen-bond donors (Lipinski definition) is 1. The third-order valence-electron chi connectivity index (χ3n) is 6.08. The van der Waals surface area contributed by atoms with Crippen molar-refractivity contribution in [2.75, 3.05) is 13.1 Å². The highest BCUT2D eigenvalue weighted by molar-refractivity contribution is 5.85. The summed E-state index contributed by atoms with van der Waals surface area (Å²) >= 11 is 0. The molecule has 1 aromatic heterocycles. The summed E-state index contributed by atoms with van der Waals surface area (Å²) in [6.07, 6.45) is 11.7. The lowest BCUT2D eigenvalue weighted by Gasteiger charge is -2.45.